The standard InChI is InChI=1S/C17H13N3/c1-2-8-15-13(6-1)17(19-12-18-15)14-7-5-11-20-10-4-3-9-16(14)20/h1-9,11-12H,10H2. The first-order chi connectivity index (χ1) is 9.93. The van der Waals surface area contributed by atoms with E-state index < -0.39 is 0 Å². The zero-order valence-electron chi connectivity index (χ0n) is 10.9. The summed E-state index contributed by atoms with van der Waals surface area (Å²) in [6.45, 7) is 0.905. The minimum Gasteiger partial charge on any atom is -0.344 e. The van der Waals surface area contributed by atoms with Crippen LogP contribution in [0.15, 0.2) is 72.9 Å². The normalized spacial score (nSPS) is 16.9. The second-order valence-electron chi connectivity index (χ2n) is 4.79. The van der Waals surface area contributed by atoms with Crippen LogP contribution in [0.4, 0.5) is 0 Å². The maximum absolute atomic E-state index is 4.52. The van der Waals surface area contributed by atoms with Crippen molar-refractivity contribution in [3.8, 4) is 0 Å². The lowest BCUT2D eigenvalue weighted by Crippen LogP contribution is -2.22. The van der Waals surface area contributed by atoms with Crippen molar-refractivity contribution >= 4 is 16.5 Å². The minimum absolute atomic E-state index is 0.905. The summed E-state index contributed by atoms with van der Waals surface area (Å²) in [6.07, 6.45) is 14.3. The molecule has 0 bridgehead atoms. The fourth-order valence-corrected chi connectivity index (χ4v) is 2.66. The number of para-hydroxylation sites is 1. The predicted octanol–water partition coefficient (Wildman–Crippen LogP) is 3.30. The lowest BCUT2D eigenvalue weighted by atomic mass is 9.99. The van der Waals surface area contributed by atoms with E-state index in [1.165, 1.54) is 5.70 Å². The summed E-state index contributed by atoms with van der Waals surface area (Å²) in [5.74, 6) is 0. The number of hydrogen-bond acceptors (Lipinski definition) is 3. The summed E-state index contributed by atoms with van der Waals surface area (Å²) in [4.78, 5) is 11.1. The molecule has 0 atom stereocenters. The van der Waals surface area contributed by atoms with E-state index in [2.05, 4.69) is 57.5 Å². The number of aromatic nitrogens is 2. The van der Waals surface area contributed by atoms with Crippen LogP contribution in [0.3, 0.4) is 0 Å². The molecule has 3 heteroatoms. The van der Waals surface area contributed by atoms with Crippen molar-refractivity contribution in [2.75, 3.05) is 6.54 Å². The van der Waals surface area contributed by atoms with Gasteiger partial charge in [-0.25, -0.2) is 9.97 Å². The van der Waals surface area contributed by atoms with Gasteiger partial charge in [-0.05, 0) is 24.3 Å². The molecule has 3 nitrogen and oxygen atoms in total. The highest BCUT2D eigenvalue weighted by atomic mass is 15.1. The first-order valence-corrected chi connectivity index (χ1v) is 6.66. The monoisotopic (exact) mass is 259 g/mol. The van der Waals surface area contributed by atoms with Crippen LogP contribution in [0.25, 0.3) is 16.5 Å². The molecule has 1 aromatic heterocycles. The molecular weight excluding hydrogens is 246 g/mol. The quantitative estimate of drug-likeness (QED) is 0.787. The van der Waals surface area contributed by atoms with Crippen LogP contribution >= 0.6 is 0 Å². The second-order valence-corrected chi connectivity index (χ2v) is 4.79. The molecule has 0 saturated carbocycles. The Balaban J connectivity index is 1.95. The maximum Gasteiger partial charge on any atom is 0.116 e. The van der Waals surface area contributed by atoms with Crippen molar-refractivity contribution in [1.29, 1.82) is 0 Å². The fourth-order valence-electron chi connectivity index (χ4n) is 2.66. The molecule has 1 aromatic carbocycles. The number of nitrogens with zero attached hydrogens (tertiary/aromatic N) is 3. The van der Waals surface area contributed by atoms with Crippen molar-refractivity contribution in [2.24, 2.45) is 0 Å². The van der Waals surface area contributed by atoms with Gasteiger partial charge in [-0.1, -0.05) is 30.4 Å². The lowest BCUT2D eigenvalue weighted by Gasteiger charge is -2.28. The third-order valence-corrected chi connectivity index (χ3v) is 3.60. The number of hydrogen-bond donors (Lipinski definition) is 0. The summed E-state index contributed by atoms with van der Waals surface area (Å²) in [6, 6.07) is 8.13. The molecule has 0 radical (unpaired) electrons. The molecule has 0 saturated heterocycles. The Hall–Kier alpha value is -2.68. The van der Waals surface area contributed by atoms with Crippen LogP contribution in [0.2, 0.25) is 0 Å². The third-order valence-electron chi connectivity index (χ3n) is 3.60. The highest BCUT2D eigenvalue weighted by Gasteiger charge is 2.19. The van der Waals surface area contributed by atoms with Crippen molar-refractivity contribution < 1.29 is 0 Å². The largest absolute Gasteiger partial charge is 0.344 e. The highest BCUT2D eigenvalue weighted by molar-refractivity contribution is 5.94. The van der Waals surface area contributed by atoms with Gasteiger partial charge in [0, 0.05) is 23.7 Å². The van der Waals surface area contributed by atoms with Crippen LogP contribution in [0.5, 0.6) is 0 Å². The van der Waals surface area contributed by atoms with Crippen molar-refractivity contribution in [2.45, 2.75) is 0 Å². The zero-order chi connectivity index (χ0) is 13.4. The smallest absolute Gasteiger partial charge is 0.116 e. The van der Waals surface area contributed by atoms with E-state index in [4.69, 9.17) is 0 Å². The van der Waals surface area contributed by atoms with Gasteiger partial charge in [0.1, 0.15) is 6.33 Å². The average Bonchev–Trinajstić information content (AvgIpc) is 2.54. The third kappa shape index (κ3) is 1.67. The van der Waals surface area contributed by atoms with Crippen molar-refractivity contribution in [3.63, 3.8) is 0 Å². The first kappa shape index (κ1) is 11.2. The SMILES string of the molecule is C1=CCN2C=CC=C(c3ncnc4ccccc34)C2=C1. The van der Waals surface area contributed by atoms with Gasteiger partial charge in [0.2, 0.25) is 0 Å². The van der Waals surface area contributed by atoms with Gasteiger partial charge in [-0.15, -0.1) is 0 Å². The molecule has 0 unspecified atom stereocenters. The Labute approximate surface area is 117 Å². The van der Waals surface area contributed by atoms with E-state index >= 15 is 0 Å². The van der Waals surface area contributed by atoms with Crippen LogP contribution in [0.1, 0.15) is 5.69 Å². The zero-order valence-corrected chi connectivity index (χ0v) is 10.9. The van der Waals surface area contributed by atoms with E-state index in [1.54, 1.807) is 6.33 Å². The number of fused-ring (bicyclic) bond motifs is 2. The van der Waals surface area contributed by atoms with Gasteiger partial charge < -0.3 is 4.90 Å². The Morgan fingerprint density at radius 3 is 2.95 bits per heavy atom. The fraction of sp³-hybridized carbons (Fsp3) is 0.0588. The summed E-state index contributed by atoms with van der Waals surface area (Å²) in [5.41, 5.74) is 4.31. The van der Waals surface area contributed by atoms with E-state index in [9.17, 15) is 0 Å². The van der Waals surface area contributed by atoms with Crippen LogP contribution < -0.4 is 0 Å². The Kier molecular flexibility index (Phi) is 2.49. The van der Waals surface area contributed by atoms with Crippen LogP contribution in [-0.4, -0.2) is 21.4 Å². The Morgan fingerprint density at radius 2 is 1.95 bits per heavy atom. The van der Waals surface area contributed by atoms with Crippen molar-refractivity contribution in [1.82, 2.24) is 14.9 Å². The second kappa shape index (κ2) is 4.46. The molecule has 4 rings (SSSR count). The molecule has 96 valence electrons. The Morgan fingerprint density at radius 1 is 1.00 bits per heavy atom. The van der Waals surface area contributed by atoms with Crippen molar-refractivity contribution in [3.05, 3.63) is 78.6 Å². The van der Waals surface area contributed by atoms with Gasteiger partial charge in [-0.3, -0.25) is 0 Å². The highest BCUT2D eigenvalue weighted by Crippen LogP contribution is 2.32. The minimum atomic E-state index is 0.905. The van der Waals surface area contributed by atoms with Gasteiger partial charge >= 0.3 is 0 Å². The Bertz CT molecular complexity index is 791. The molecule has 0 fully saturated rings. The predicted molar refractivity (Wildman–Crippen MR) is 80.6 cm³/mol. The molecule has 0 spiro atoms. The molecule has 3 heterocycles. The first-order valence-electron chi connectivity index (χ1n) is 6.66. The molecular formula is C17H13N3. The van der Waals surface area contributed by atoms with E-state index in [-0.39, 0.29) is 0 Å². The molecule has 0 amide bonds. The molecule has 0 aliphatic carbocycles. The summed E-state index contributed by atoms with van der Waals surface area (Å²) >= 11 is 0. The van der Waals surface area contributed by atoms with Gasteiger partial charge in [-0.2, -0.15) is 0 Å². The average molecular weight is 259 g/mol. The lowest BCUT2D eigenvalue weighted by molar-refractivity contribution is 0.528. The molecule has 2 aliphatic heterocycles. The number of benzene rings is 1. The summed E-state index contributed by atoms with van der Waals surface area (Å²) in [5, 5.41) is 1.09. The van der Waals surface area contributed by atoms with E-state index in [0.29, 0.717) is 0 Å². The topological polar surface area (TPSA) is 29.0 Å². The molecule has 0 N–H and O–H groups in total. The molecule has 2 aliphatic rings. The van der Waals surface area contributed by atoms with Gasteiger partial charge in [0.25, 0.3) is 0 Å². The number of rotatable bonds is 1. The summed E-state index contributed by atoms with van der Waals surface area (Å²) in [7, 11) is 0. The summed E-state index contributed by atoms with van der Waals surface area (Å²) < 4.78 is 0. The van der Waals surface area contributed by atoms with Gasteiger partial charge in [0.05, 0.1) is 16.9 Å². The van der Waals surface area contributed by atoms with E-state index in [0.717, 1.165) is 28.7 Å². The maximum atomic E-state index is 4.52. The molecule has 20 heavy (non-hydrogen) atoms. The number of allylic oxidation sites excluding steroid dienone is 5. The van der Waals surface area contributed by atoms with Gasteiger partial charge in [0.15, 0.2) is 0 Å². The molecule has 2 aromatic rings. The van der Waals surface area contributed by atoms with Crippen LogP contribution in [-0.2, 0) is 0 Å². The van der Waals surface area contributed by atoms with Crippen LogP contribution in [0, 0.1) is 0 Å². The van der Waals surface area contributed by atoms with E-state index in [1.807, 2.05) is 18.2 Å².